The Bertz CT molecular complexity index is 565. The first kappa shape index (κ1) is 16.9. The van der Waals surface area contributed by atoms with E-state index < -0.39 is 10.0 Å². The van der Waals surface area contributed by atoms with Gasteiger partial charge in [-0.3, -0.25) is 4.90 Å². The molecule has 0 saturated carbocycles. The molecule has 2 rings (SSSR count). The fourth-order valence-corrected chi connectivity index (χ4v) is 5.14. The Labute approximate surface area is 129 Å². The van der Waals surface area contributed by atoms with Crippen molar-refractivity contribution in [2.24, 2.45) is 0 Å². The van der Waals surface area contributed by atoms with Crippen LogP contribution in [0.2, 0.25) is 0 Å². The van der Waals surface area contributed by atoms with Crippen molar-refractivity contribution in [2.45, 2.75) is 31.4 Å². The van der Waals surface area contributed by atoms with Gasteiger partial charge in [-0.2, -0.15) is 0 Å². The van der Waals surface area contributed by atoms with E-state index in [1.54, 1.807) is 13.0 Å². The highest BCUT2D eigenvalue weighted by atomic mass is 32.2. The molecule has 8 heteroatoms. The number of aryl methyl sites for hydroxylation is 1. The number of morpholine rings is 1. The third-order valence-corrected chi connectivity index (χ3v) is 6.24. The first-order valence-electron chi connectivity index (χ1n) is 6.95. The molecule has 0 aliphatic carbocycles. The second kappa shape index (κ2) is 7.17. The van der Waals surface area contributed by atoms with Gasteiger partial charge in [0.05, 0.1) is 24.7 Å². The summed E-state index contributed by atoms with van der Waals surface area (Å²) in [6.07, 6.45) is 0. The summed E-state index contributed by atoms with van der Waals surface area (Å²) in [7, 11) is -3.54. The van der Waals surface area contributed by atoms with Gasteiger partial charge in [0.15, 0.2) is 0 Å². The molecule has 0 bridgehead atoms. The first-order chi connectivity index (χ1) is 9.92. The minimum Gasteiger partial charge on any atom is -0.391 e. The Morgan fingerprint density at radius 2 is 2.14 bits per heavy atom. The molecule has 2 heterocycles. The molecule has 0 radical (unpaired) electrons. The van der Waals surface area contributed by atoms with Crippen molar-refractivity contribution in [3.63, 3.8) is 0 Å². The predicted molar refractivity (Wildman–Crippen MR) is 82.0 cm³/mol. The van der Waals surface area contributed by atoms with Gasteiger partial charge in [-0.1, -0.05) is 0 Å². The van der Waals surface area contributed by atoms with E-state index in [9.17, 15) is 8.42 Å². The van der Waals surface area contributed by atoms with Crippen molar-refractivity contribution < 1.29 is 18.3 Å². The summed E-state index contributed by atoms with van der Waals surface area (Å²) in [6, 6.07) is 1.37. The van der Waals surface area contributed by atoms with Crippen LogP contribution in [0.25, 0.3) is 0 Å². The van der Waals surface area contributed by atoms with E-state index in [1.807, 2.05) is 6.92 Å². The second-order valence-electron chi connectivity index (χ2n) is 5.23. The molecule has 6 nitrogen and oxygen atoms in total. The zero-order valence-corrected chi connectivity index (χ0v) is 14.0. The number of aliphatic hydroxyl groups is 1. The van der Waals surface area contributed by atoms with Crippen LogP contribution in [0, 0.1) is 6.92 Å². The molecule has 1 saturated heterocycles. The molecule has 1 aromatic heterocycles. The number of rotatable bonds is 6. The predicted octanol–water partition coefficient (Wildman–Crippen LogP) is 0.548. The van der Waals surface area contributed by atoms with Gasteiger partial charge in [-0.25, -0.2) is 13.1 Å². The molecule has 1 aliphatic heterocycles. The van der Waals surface area contributed by atoms with E-state index in [0.717, 1.165) is 13.1 Å². The minimum atomic E-state index is -3.54. The number of hydrogen-bond acceptors (Lipinski definition) is 6. The molecule has 21 heavy (non-hydrogen) atoms. The number of hydrogen-bond donors (Lipinski definition) is 2. The van der Waals surface area contributed by atoms with Gasteiger partial charge in [0.25, 0.3) is 0 Å². The largest absolute Gasteiger partial charge is 0.391 e. The van der Waals surface area contributed by atoms with Crippen molar-refractivity contribution in [3.8, 4) is 0 Å². The van der Waals surface area contributed by atoms with Crippen LogP contribution in [-0.2, 0) is 21.4 Å². The van der Waals surface area contributed by atoms with E-state index in [2.05, 4.69) is 9.62 Å². The second-order valence-corrected chi connectivity index (χ2v) is 8.25. The number of ether oxygens (including phenoxy) is 1. The molecule has 0 spiro atoms. The topological polar surface area (TPSA) is 78.9 Å². The van der Waals surface area contributed by atoms with Crippen LogP contribution in [0.4, 0.5) is 0 Å². The summed E-state index contributed by atoms with van der Waals surface area (Å²) in [6.45, 7) is 7.21. The van der Waals surface area contributed by atoms with Gasteiger partial charge < -0.3 is 9.84 Å². The van der Waals surface area contributed by atoms with Crippen LogP contribution in [0.1, 0.15) is 16.7 Å². The van der Waals surface area contributed by atoms with E-state index in [-0.39, 0.29) is 17.5 Å². The Hall–Kier alpha value is -0.510. The summed E-state index contributed by atoms with van der Waals surface area (Å²) in [5.41, 5.74) is 0. The fourth-order valence-electron chi connectivity index (χ4n) is 2.41. The fraction of sp³-hybridized carbons (Fsp3) is 0.692. The van der Waals surface area contributed by atoms with Gasteiger partial charge in [-0.05, 0) is 19.9 Å². The molecule has 0 amide bonds. The molecule has 1 atom stereocenters. The maximum Gasteiger partial charge on any atom is 0.241 e. The molecule has 1 fully saturated rings. The lowest BCUT2D eigenvalue weighted by atomic mass is 10.3. The third kappa shape index (κ3) is 4.48. The smallest absolute Gasteiger partial charge is 0.241 e. The van der Waals surface area contributed by atoms with Crippen molar-refractivity contribution in [2.75, 3.05) is 32.8 Å². The number of aliphatic hydroxyl groups excluding tert-OH is 1. The molecule has 0 aromatic carbocycles. The van der Waals surface area contributed by atoms with Crippen molar-refractivity contribution >= 4 is 21.4 Å². The van der Waals surface area contributed by atoms with E-state index in [1.165, 1.54) is 11.3 Å². The maximum atomic E-state index is 12.4. The highest BCUT2D eigenvalue weighted by molar-refractivity contribution is 7.89. The van der Waals surface area contributed by atoms with Crippen LogP contribution in [0.15, 0.2) is 11.0 Å². The standard InChI is InChI=1S/C13H22N2O4S2/c1-10(8-15-3-5-19-6-4-15)14-21(17,18)13-7-12(9-16)20-11(13)2/h7,10,14,16H,3-6,8-9H2,1-2H3. The van der Waals surface area contributed by atoms with Crippen LogP contribution >= 0.6 is 11.3 Å². The van der Waals surface area contributed by atoms with Crippen molar-refractivity contribution in [3.05, 3.63) is 15.8 Å². The van der Waals surface area contributed by atoms with Crippen molar-refractivity contribution in [1.82, 2.24) is 9.62 Å². The SMILES string of the molecule is Cc1sc(CO)cc1S(=O)(=O)NC(C)CN1CCOCC1. The Morgan fingerprint density at radius 3 is 2.71 bits per heavy atom. The summed E-state index contributed by atoms with van der Waals surface area (Å²) in [4.78, 5) is 3.82. The van der Waals surface area contributed by atoms with Crippen LogP contribution in [0.3, 0.4) is 0 Å². The van der Waals surface area contributed by atoms with E-state index in [0.29, 0.717) is 29.5 Å². The Morgan fingerprint density at radius 1 is 1.48 bits per heavy atom. The number of nitrogens with one attached hydrogen (secondary N) is 1. The van der Waals surface area contributed by atoms with Crippen LogP contribution in [0.5, 0.6) is 0 Å². The van der Waals surface area contributed by atoms with Gasteiger partial charge in [-0.15, -0.1) is 11.3 Å². The Balaban J connectivity index is 2.00. The van der Waals surface area contributed by atoms with E-state index >= 15 is 0 Å². The monoisotopic (exact) mass is 334 g/mol. The highest BCUT2D eigenvalue weighted by Crippen LogP contribution is 2.25. The Kier molecular flexibility index (Phi) is 5.75. The summed E-state index contributed by atoms with van der Waals surface area (Å²) >= 11 is 1.31. The van der Waals surface area contributed by atoms with Gasteiger partial charge in [0, 0.05) is 35.4 Å². The zero-order chi connectivity index (χ0) is 15.5. The zero-order valence-electron chi connectivity index (χ0n) is 12.3. The van der Waals surface area contributed by atoms with Gasteiger partial charge in [0.2, 0.25) is 10.0 Å². The number of sulfonamides is 1. The maximum absolute atomic E-state index is 12.4. The van der Waals surface area contributed by atoms with Crippen LogP contribution < -0.4 is 4.72 Å². The van der Waals surface area contributed by atoms with Crippen molar-refractivity contribution in [1.29, 1.82) is 0 Å². The third-order valence-electron chi connectivity index (χ3n) is 3.36. The molecule has 1 unspecified atom stereocenters. The average molecular weight is 334 g/mol. The molecule has 1 aromatic rings. The summed E-state index contributed by atoms with van der Waals surface area (Å²) < 4.78 is 32.8. The quantitative estimate of drug-likeness (QED) is 0.794. The minimum absolute atomic E-state index is 0.135. The lowest BCUT2D eigenvalue weighted by Crippen LogP contribution is -2.45. The van der Waals surface area contributed by atoms with Gasteiger partial charge >= 0.3 is 0 Å². The molecule has 1 aliphatic rings. The molecular weight excluding hydrogens is 312 g/mol. The van der Waals surface area contributed by atoms with Gasteiger partial charge in [0.1, 0.15) is 0 Å². The average Bonchev–Trinajstić information content (AvgIpc) is 2.81. The summed E-state index contributed by atoms with van der Waals surface area (Å²) in [5, 5.41) is 9.12. The normalized spacial score (nSPS) is 18.8. The number of nitrogens with zero attached hydrogens (tertiary/aromatic N) is 1. The van der Waals surface area contributed by atoms with E-state index in [4.69, 9.17) is 9.84 Å². The first-order valence-corrected chi connectivity index (χ1v) is 9.25. The number of thiophene rings is 1. The molecule has 2 N–H and O–H groups in total. The van der Waals surface area contributed by atoms with Crippen LogP contribution in [-0.4, -0.2) is 57.3 Å². The molecular formula is C13H22N2O4S2. The molecule has 120 valence electrons. The summed E-state index contributed by atoms with van der Waals surface area (Å²) in [5.74, 6) is 0. The lowest BCUT2D eigenvalue weighted by Gasteiger charge is -2.29. The lowest BCUT2D eigenvalue weighted by molar-refractivity contribution is 0.0354. The highest BCUT2D eigenvalue weighted by Gasteiger charge is 2.23.